The number of nitrogens with one attached hydrogen (secondary N) is 3. The van der Waals surface area contributed by atoms with Crippen molar-refractivity contribution in [1.29, 1.82) is 5.26 Å². The lowest BCUT2D eigenvalue weighted by Crippen LogP contribution is -2.08. The summed E-state index contributed by atoms with van der Waals surface area (Å²) >= 11 is 0. The molecule has 2 aromatic heterocycles. The summed E-state index contributed by atoms with van der Waals surface area (Å²) in [5, 5.41) is 9.26. The predicted octanol–water partition coefficient (Wildman–Crippen LogP) is 0.277. The minimum atomic E-state index is -0.281. The van der Waals surface area contributed by atoms with Crippen LogP contribution in [0.2, 0.25) is 0 Å². The largest absolute Gasteiger partial charge is 0.360 e. The zero-order valence-electron chi connectivity index (χ0n) is 8.66. The Hall–Kier alpha value is -2.81. The van der Waals surface area contributed by atoms with E-state index < -0.39 is 0 Å². The number of fused-ring (bicyclic) bond motifs is 2. The van der Waals surface area contributed by atoms with Gasteiger partial charge in [0.1, 0.15) is 22.7 Å². The van der Waals surface area contributed by atoms with Crippen molar-refractivity contribution in [3.05, 3.63) is 34.1 Å². The number of hydrogen-bond acceptors (Lipinski definition) is 3. The third-order valence-electron chi connectivity index (χ3n) is 2.68. The molecular weight excluding hydrogens is 218 g/mol. The molecule has 1 aromatic carbocycles. The van der Waals surface area contributed by atoms with E-state index in [1.807, 2.05) is 6.07 Å². The van der Waals surface area contributed by atoms with Gasteiger partial charge in [-0.05, 0) is 6.07 Å². The van der Waals surface area contributed by atoms with Gasteiger partial charge < -0.3 is 4.98 Å². The van der Waals surface area contributed by atoms with Crippen molar-refractivity contribution < 1.29 is 4.98 Å². The van der Waals surface area contributed by atoms with Crippen molar-refractivity contribution in [1.82, 2.24) is 9.97 Å². The second-order valence-corrected chi connectivity index (χ2v) is 3.75. The van der Waals surface area contributed by atoms with Crippen LogP contribution in [0, 0.1) is 11.3 Å². The van der Waals surface area contributed by atoms with E-state index in [9.17, 15) is 4.79 Å². The van der Waals surface area contributed by atoms with Crippen LogP contribution >= 0.6 is 0 Å². The average molecular weight is 226 g/mol. The minimum Gasteiger partial charge on any atom is -0.360 e. The quantitative estimate of drug-likeness (QED) is 0.511. The maximum absolute atomic E-state index is 11.9. The average Bonchev–Trinajstić information content (AvgIpc) is 2.67. The molecule has 2 heterocycles. The number of aromatic amines is 3. The summed E-state index contributed by atoms with van der Waals surface area (Å²) in [6.45, 7) is 0. The number of H-pyrrole nitrogens is 3. The first-order valence-corrected chi connectivity index (χ1v) is 4.95. The van der Waals surface area contributed by atoms with Crippen LogP contribution in [-0.2, 0) is 0 Å². The van der Waals surface area contributed by atoms with E-state index in [1.54, 1.807) is 12.1 Å². The lowest BCUT2D eigenvalue weighted by Gasteiger charge is -1.96. The Morgan fingerprint density at radius 3 is 2.94 bits per heavy atom. The Balaban J connectivity index is 2.53. The topological polar surface area (TPSA) is 113 Å². The van der Waals surface area contributed by atoms with Gasteiger partial charge in [0.05, 0.1) is 10.9 Å². The number of nitrogens with zero attached hydrogens (tertiary/aromatic N) is 1. The molecule has 0 atom stereocenters. The van der Waals surface area contributed by atoms with Crippen LogP contribution in [0.25, 0.3) is 21.9 Å². The van der Waals surface area contributed by atoms with E-state index in [0.29, 0.717) is 16.9 Å². The van der Waals surface area contributed by atoms with E-state index in [2.05, 4.69) is 15.0 Å². The summed E-state index contributed by atoms with van der Waals surface area (Å²) in [6, 6.07) is 5.31. The van der Waals surface area contributed by atoms with Crippen LogP contribution < -0.4 is 16.1 Å². The van der Waals surface area contributed by atoms with E-state index in [-0.39, 0.29) is 11.0 Å². The van der Waals surface area contributed by atoms with Gasteiger partial charge in [-0.3, -0.25) is 10.5 Å². The van der Waals surface area contributed by atoms with Gasteiger partial charge in [0.15, 0.2) is 0 Å². The molecule has 82 valence electrons. The lowest BCUT2D eigenvalue weighted by atomic mass is 10.1. The van der Waals surface area contributed by atoms with Gasteiger partial charge in [-0.25, -0.2) is 9.97 Å². The second kappa shape index (κ2) is 3.09. The number of benzene rings is 1. The number of imidazole rings is 1. The molecule has 0 bridgehead atoms. The van der Waals surface area contributed by atoms with Gasteiger partial charge in [0.2, 0.25) is 5.43 Å². The fourth-order valence-corrected chi connectivity index (χ4v) is 1.88. The first kappa shape index (κ1) is 9.42. The SMILES string of the molecule is N#Cc1c[nH]c2cc3[nH+]c(N)[nH]c3cc2c1=O. The summed E-state index contributed by atoms with van der Waals surface area (Å²) in [6.07, 6.45) is 1.41. The molecule has 0 amide bonds. The molecule has 0 aliphatic rings. The summed E-state index contributed by atoms with van der Waals surface area (Å²) in [4.78, 5) is 20.7. The van der Waals surface area contributed by atoms with Crippen LogP contribution in [0.4, 0.5) is 5.95 Å². The van der Waals surface area contributed by atoms with E-state index in [0.717, 1.165) is 11.0 Å². The van der Waals surface area contributed by atoms with Crippen LogP contribution in [0.1, 0.15) is 5.56 Å². The molecule has 3 rings (SSSR count). The van der Waals surface area contributed by atoms with Gasteiger partial charge in [0.25, 0.3) is 0 Å². The normalized spacial score (nSPS) is 10.8. The Bertz CT molecular complexity index is 837. The number of nitrogen functional groups attached to an aromatic ring is 1. The molecule has 6 heteroatoms. The lowest BCUT2D eigenvalue weighted by molar-refractivity contribution is -0.325. The molecule has 0 spiro atoms. The summed E-state index contributed by atoms with van der Waals surface area (Å²) in [5.74, 6) is 0.420. The van der Waals surface area contributed by atoms with E-state index in [4.69, 9.17) is 11.0 Å². The van der Waals surface area contributed by atoms with Crippen LogP contribution in [-0.4, -0.2) is 9.97 Å². The molecular formula is C11H8N5O+. The van der Waals surface area contributed by atoms with Crippen molar-refractivity contribution >= 4 is 27.9 Å². The fraction of sp³-hybridized carbons (Fsp3) is 0. The highest BCUT2D eigenvalue weighted by Gasteiger charge is 2.10. The number of nitrogens with two attached hydrogens (primary N) is 1. The van der Waals surface area contributed by atoms with Crippen molar-refractivity contribution in [3.8, 4) is 6.07 Å². The zero-order chi connectivity index (χ0) is 12.0. The summed E-state index contributed by atoms with van der Waals surface area (Å²) in [7, 11) is 0. The molecule has 0 saturated carbocycles. The Labute approximate surface area is 94.7 Å². The minimum absolute atomic E-state index is 0.0976. The number of aromatic nitrogens is 3. The van der Waals surface area contributed by atoms with Crippen molar-refractivity contribution in [3.63, 3.8) is 0 Å². The van der Waals surface area contributed by atoms with Gasteiger partial charge >= 0.3 is 5.95 Å². The first-order chi connectivity index (χ1) is 8.19. The molecule has 6 nitrogen and oxygen atoms in total. The van der Waals surface area contributed by atoms with Gasteiger partial charge in [-0.1, -0.05) is 0 Å². The Morgan fingerprint density at radius 2 is 2.18 bits per heavy atom. The van der Waals surface area contributed by atoms with Crippen LogP contribution in [0.5, 0.6) is 0 Å². The monoisotopic (exact) mass is 226 g/mol. The predicted molar refractivity (Wildman–Crippen MR) is 62.1 cm³/mol. The van der Waals surface area contributed by atoms with Gasteiger partial charge in [-0.2, -0.15) is 5.26 Å². The van der Waals surface area contributed by atoms with Gasteiger partial charge in [0, 0.05) is 12.3 Å². The maximum atomic E-state index is 11.9. The number of nitriles is 1. The molecule has 3 aromatic rings. The number of hydrogen-bond donors (Lipinski definition) is 3. The van der Waals surface area contributed by atoms with Crippen molar-refractivity contribution in [2.45, 2.75) is 0 Å². The zero-order valence-corrected chi connectivity index (χ0v) is 8.66. The summed E-state index contributed by atoms with van der Waals surface area (Å²) in [5.41, 5.74) is 7.61. The Morgan fingerprint density at radius 1 is 1.35 bits per heavy atom. The molecule has 0 aliphatic heterocycles. The molecule has 0 fully saturated rings. The van der Waals surface area contributed by atoms with Crippen LogP contribution in [0.3, 0.4) is 0 Å². The number of pyridine rings is 1. The Kier molecular flexibility index (Phi) is 1.71. The first-order valence-electron chi connectivity index (χ1n) is 4.95. The van der Waals surface area contributed by atoms with Crippen molar-refractivity contribution in [2.24, 2.45) is 0 Å². The molecule has 0 radical (unpaired) electrons. The molecule has 5 N–H and O–H groups in total. The van der Waals surface area contributed by atoms with Gasteiger partial charge in [-0.15, -0.1) is 0 Å². The van der Waals surface area contributed by atoms with Crippen LogP contribution in [0.15, 0.2) is 23.1 Å². The van der Waals surface area contributed by atoms with Crippen molar-refractivity contribution in [2.75, 3.05) is 5.73 Å². The highest BCUT2D eigenvalue weighted by molar-refractivity contribution is 5.92. The number of rotatable bonds is 0. The smallest absolute Gasteiger partial charge is 0.351 e. The number of anilines is 1. The molecule has 0 aliphatic carbocycles. The standard InChI is InChI=1S/C11H7N5O/c12-3-5-4-14-7-2-9-8(15-11(13)16-9)1-6(7)10(5)17/h1-2,4H,(H,14,17)(H3,13,15,16)/p+1. The molecule has 0 unspecified atom stereocenters. The highest BCUT2D eigenvalue weighted by Crippen LogP contribution is 2.15. The third-order valence-corrected chi connectivity index (χ3v) is 2.68. The fourth-order valence-electron chi connectivity index (χ4n) is 1.88. The highest BCUT2D eigenvalue weighted by atomic mass is 16.1. The second-order valence-electron chi connectivity index (χ2n) is 3.75. The molecule has 0 saturated heterocycles. The molecule has 17 heavy (non-hydrogen) atoms. The summed E-state index contributed by atoms with van der Waals surface area (Å²) < 4.78 is 0. The maximum Gasteiger partial charge on any atom is 0.351 e. The third kappa shape index (κ3) is 1.26. The van der Waals surface area contributed by atoms with E-state index in [1.165, 1.54) is 6.20 Å². The van der Waals surface area contributed by atoms with E-state index >= 15 is 0 Å².